The summed E-state index contributed by atoms with van der Waals surface area (Å²) in [6.07, 6.45) is 2.22. The SMILES string of the molecule is Cc1cc(C(=O)N2CCCC2)ccc1NCc1ccc(CO)cc1. The van der Waals surface area contributed by atoms with Crippen molar-refractivity contribution in [1.29, 1.82) is 0 Å². The van der Waals surface area contributed by atoms with Crippen molar-refractivity contribution in [3.05, 3.63) is 64.7 Å². The van der Waals surface area contributed by atoms with E-state index in [4.69, 9.17) is 5.11 Å². The van der Waals surface area contributed by atoms with Crippen LogP contribution in [0.5, 0.6) is 0 Å². The molecule has 1 amide bonds. The Kier molecular flexibility index (Phi) is 5.16. The minimum Gasteiger partial charge on any atom is -0.392 e. The second-order valence-corrected chi connectivity index (χ2v) is 6.36. The van der Waals surface area contributed by atoms with E-state index in [1.165, 1.54) is 0 Å². The van der Waals surface area contributed by atoms with Crippen molar-refractivity contribution >= 4 is 11.6 Å². The van der Waals surface area contributed by atoms with Crippen molar-refractivity contribution in [2.45, 2.75) is 32.9 Å². The molecule has 0 unspecified atom stereocenters. The van der Waals surface area contributed by atoms with Gasteiger partial charge in [0, 0.05) is 30.9 Å². The van der Waals surface area contributed by atoms with Crippen LogP contribution in [0.4, 0.5) is 5.69 Å². The Morgan fingerprint density at radius 3 is 2.38 bits per heavy atom. The number of aryl methyl sites for hydroxylation is 1. The van der Waals surface area contributed by atoms with E-state index in [-0.39, 0.29) is 12.5 Å². The predicted molar refractivity (Wildman–Crippen MR) is 96.0 cm³/mol. The van der Waals surface area contributed by atoms with Crippen LogP contribution in [-0.4, -0.2) is 29.0 Å². The number of aliphatic hydroxyl groups excluding tert-OH is 1. The third-order valence-electron chi connectivity index (χ3n) is 4.56. The highest BCUT2D eigenvalue weighted by atomic mass is 16.3. The van der Waals surface area contributed by atoms with Crippen molar-refractivity contribution in [2.24, 2.45) is 0 Å². The lowest BCUT2D eigenvalue weighted by Gasteiger charge is -2.17. The molecule has 1 aliphatic heterocycles. The molecule has 1 fully saturated rings. The van der Waals surface area contributed by atoms with E-state index in [2.05, 4.69) is 5.32 Å². The number of nitrogens with one attached hydrogen (secondary N) is 1. The lowest BCUT2D eigenvalue weighted by Crippen LogP contribution is -2.27. The molecule has 3 rings (SSSR count). The number of anilines is 1. The standard InChI is InChI=1S/C20H24N2O2/c1-15-12-18(20(24)22-10-2-3-11-22)8-9-19(15)21-13-16-4-6-17(14-23)7-5-16/h4-9,12,21,23H,2-3,10-11,13-14H2,1H3. The van der Waals surface area contributed by atoms with Gasteiger partial charge in [-0.3, -0.25) is 4.79 Å². The smallest absolute Gasteiger partial charge is 0.253 e. The van der Waals surface area contributed by atoms with Crippen molar-refractivity contribution in [2.75, 3.05) is 18.4 Å². The number of aliphatic hydroxyl groups is 1. The van der Waals surface area contributed by atoms with Crippen molar-refractivity contribution in [3.8, 4) is 0 Å². The summed E-state index contributed by atoms with van der Waals surface area (Å²) in [6, 6.07) is 13.8. The molecule has 126 valence electrons. The molecule has 24 heavy (non-hydrogen) atoms. The number of nitrogens with zero attached hydrogens (tertiary/aromatic N) is 1. The first-order valence-electron chi connectivity index (χ1n) is 8.50. The first-order valence-corrected chi connectivity index (χ1v) is 8.50. The number of hydrogen-bond donors (Lipinski definition) is 2. The molecule has 0 bridgehead atoms. The quantitative estimate of drug-likeness (QED) is 0.887. The lowest BCUT2D eigenvalue weighted by molar-refractivity contribution is 0.0793. The zero-order valence-corrected chi connectivity index (χ0v) is 14.1. The normalized spacial score (nSPS) is 14.0. The average molecular weight is 324 g/mol. The van der Waals surface area contributed by atoms with Gasteiger partial charge < -0.3 is 15.3 Å². The van der Waals surface area contributed by atoms with Crippen molar-refractivity contribution in [1.82, 2.24) is 4.90 Å². The van der Waals surface area contributed by atoms with Gasteiger partial charge in [-0.15, -0.1) is 0 Å². The maximum atomic E-state index is 12.4. The number of benzene rings is 2. The molecule has 0 radical (unpaired) electrons. The molecule has 0 aromatic heterocycles. The third-order valence-corrected chi connectivity index (χ3v) is 4.56. The number of amides is 1. The zero-order chi connectivity index (χ0) is 16.9. The van der Waals surface area contributed by atoms with Crippen molar-refractivity contribution < 1.29 is 9.90 Å². The molecule has 4 heteroatoms. The van der Waals surface area contributed by atoms with Crippen LogP contribution in [-0.2, 0) is 13.2 Å². The van der Waals surface area contributed by atoms with Gasteiger partial charge in [0.05, 0.1) is 6.61 Å². The first-order chi connectivity index (χ1) is 11.7. The zero-order valence-electron chi connectivity index (χ0n) is 14.1. The van der Waals surface area contributed by atoms with Crippen LogP contribution in [0.25, 0.3) is 0 Å². The van der Waals surface area contributed by atoms with Gasteiger partial charge in [0.2, 0.25) is 0 Å². The highest BCUT2D eigenvalue weighted by Crippen LogP contribution is 2.20. The number of hydrogen-bond acceptors (Lipinski definition) is 3. The summed E-state index contributed by atoms with van der Waals surface area (Å²) in [5, 5.41) is 12.5. The molecule has 4 nitrogen and oxygen atoms in total. The maximum Gasteiger partial charge on any atom is 0.253 e. The Morgan fingerprint density at radius 2 is 1.75 bits per heavy atom. The van der Waals surface area contributed by atoms with E-state index in [1.54, 1.807) is 0 Å². The van der Waals surface area contributed by atoms with Gasteiger partial charge in [0.1, 0.15) is 0 Å². The third kappa shape index (κ3) is 3.77. The van der Waals surface area contributed by atoms with Crippen LogP contribution >= 0.6 is 0 Å². The van der Waals surface area contributed by atoms with E-state index in [1.807, 2.05) is 54.3 Å². The Labute approximate surface area is 143 Å². The molecule has 0 spiro atoms. The van der Waals surface area contributed by atoms with Gasteiger partial charge in [0.25, 0.3) is 5.91 Å². The maximum absolute atomic E-state index is 12.4. The van der Waals surface area contributed by atoms with Crippen LogP contribution in [0.1, 0.15) is 39.9 Å². The van der Waals surface area contributed by atoms with E-state index in [0.29, 0.717) is 6.54 Å². The Morgan fingerprint density at radius 1 is 1.08 bits per heavy atom. The fourth-order valence-corrected chi connectivity index (χ4v) is 3.06. The summed E-state index contributed by atoms with van der Waals surface area (Å²) < 4.78 is 0. The molecule has 2 aromatic rings. The summed E-state index contributed by atoms with van der Waals surface area (Å²) in [5.41, 5.74) is 4.96. The second-order valence-electron chi connectivity index (χ2n) is 6.36. The largest absolute Gasteiger partial charge is 0.392 e. The van der Waals surface area contributed by atoms with Crippen LogP contribution in [0.15, 0.2) is 42.5 Å². The molecule has 1 aliphatic rings. The number of likely N-dealkylation sites (tertiary alicyclic amines) is 1. The molecular weight excluding hydrogens is 300 g/mol. The summed E-state index contributed by atoms with van der Waals surface area (Å²) >= 11 is 0. The van der Waals surface area contributed by atoms with Gasteiger partial charge >= 0.3 is 0 Å². The van der Waals surface area contributed by atoms with E-state index in [9.17, 15) is 4.79 Å². The summed E-state index contributed by atoms with van der Waals surface area (Å²) in [7, 11) is 0. The Hall–Kier alpha value is -2.33. The summed E-state index contributed by atoms with van der Waals surface area (Å²) in [6.45, 7) is 4.56. The van der Waals surface area contributed by atoms with Crippen LogP contribution in [0.2, 0.25) is 0 Å². The summed E-state index contributed by atoms with van der Waals surface area (Å²) in [4.78, 5) is 14.4. The highest BCUT2D eigenvalue weighted by molar-refractivity contribution is 5.95. The topological polar surface area (TPSA) is 52.6 Å². The minimum absolute atomic E-state index is 0.0688. The fraction of sp³-hybridized carbons (Fsp3) is 0.350. The van der Waals surface area contributed by atoms with Crippen LogP contribution < -0.4 is 5.32 Å². The molecular formula is C20H24N2O2. The monoisotopic (exact) mass is 324 g/mol. The first kappa shape index (κ1) is 16.5. The van der Waals surface area contributed by atoms with E-state index < -0.39 is 0 Å². The summed E-state index contributed by atoms with van der Waals surface area (Å²) in [5.74, 6) is 0.141. The molecule has 2 aromatic carbocycles. The second kappa shape index (κ2) is 7.49. The number of carbonyl (C=O) groups is 1. The minimum atomic E-state index is 0.0688. The number of carbonyl (C=O) groups excluding carboxylic acids is 1. The van der Waals surface area contributed by atoms with Gasteiger partial charge in [-0.1, -0.05) is 24.3 Å². The molecule has 0 saturated carbocycles. The van der Waals surface area contributed by atoms with Crippen LogP contribution in [0.3, 0.4) is 0 Å². The Bertz CT molecular complexity index is 704. The van der Waals surface area contributed by atoms with Gasteiger partial charge in [-0.2, -0.15) is 0 Å². The van der Waals surface area contributed by atoms with Crippen molar-refractivity contribution in [3.63, 3.8) is 0 Å². The molecule has 0 aliphatic carbocycles. The van der Waals surface area contributed by atoms with E-state index >= 15 is 0 Å². The molecule has 2 N–H and O–H groups in total. The fourth-order valence-electron chi connectivity index (χ4n) is 3.06. The molecule has 1 saturated heterocycles. The lowest BCUT2D eigenvalue weighted by atomic mass is 10.1. The van der Waals surface area contributed by atoms with E-state index in [0.717, 1.165) is 53.9 Å². The van der Waals surface area contributed by atoms with Gasteiger partial charge in [-0.05, 0) is 54.7 Å². The molecule has 0 atom stereocenters. The van der Waals surface area contributed by atoms with Gasteiger partial charge in [0.15, 0.2) is 0 Å². The predicted octanol–water partition coefficient (Wildman–Crippen LogP) is 3.34. The average Bonchev–Trinajstić information content (AvgIpc) is 3.15. The number of rotatable bonds is 5. The van der Waals surface area contributed by atoms with Crippen LogP contribution in [0, 0.1) is 6.92 Å². The van der Waals surface area contributed by atoms with Gasteiger partial charge in [-0.25, -0.2) is 0 Å². The Balaban J connectivity index is 1.64. The molecule has 1 heterocycles. The highest BCUT2D eigenvalue weighted by Gasteiger charge is 2.19.